The maximum absolute atomic E-state index is 10.8. The quantitative estimate of drug-likeness (QED) is 0.228. The highest BCUT2D eigenvalue weighted by Crippen LogP contribution is 2.26. The lowest BCUT2D eigenvalue weighted by Gasteiger charge is -2.12. The lowest BCUT2D eigenvalue weighted by molar-refractivity contribution is -0.141. The summed E-state index contributed by atoms with van der Waals surface area (Å²) < 4.78 is 7.24. The van der Waals surface area contributed by atoms with Crippen molar-refractivity contribution in [3.05, 3.63) is 78.4 Å². The van der Waals surface area contributed by atoms with Gasteiger partial charge in [-0.3, -0.25) is 4.79 Å². The van der Waals surface area contributed by atoms with Gasteiger partial charge in [0.05, 0.1) is 12.9 Å². The normalized spacial score (nSPS) is 11.2. The summed E-state index contributed by atoms with van der Waals surface area (Å²) in [5, 5.41) is 5.11. The van der Waals surface area contributed by atoms with Crippen molar-refractivity contribution in [3.63, 3.8) is 0 Å². The molecule has 29 heavy (non-hydrogen) atoms. The highest BCUT2D eigenvalue weighted by atomic mass is 16.5. The van der Waals surface area contributed by atoms with Gasteiger partial charge in [0.1, 0.15) is 0 Å². The van der Waals surface area contributed by atoms with Crippen LogP contribution >= 0.6 is 0 Å². The van der Waals surface area contributed by atoms with Crippen LogP contribution in [-0.2, 0) is 22.5 Å². The summed E-state index contributed by atoms with van der Waals surface area (Å²) in [6, 6.07) is 19.6. The van der Waals surface area contributed by atoms with E-state index in [4.69, 9.17) is 4.74 Å². The number of hydrogen-bond acceptors (Lipinski definition) is 3. The Balaban J connectivity index is 1.47. The van der Waals surface area contributed by atoms with Crippen LogP contribution in [0.1, 0.15) is 37.4 Å². The van der Waals surface area contributed by atoms with Crippen LogP contribution in [0.3, 0.4) is 0 Å². The van der Waals surface area contributed by atoms with Crippen LogP contribution in [0.4, 0.5) is 0 Å². The van der Waals surface area contributed by atoms with Gasteiger partial charge in [0.2, 0.25) is 0 Å². The standard InChI is InChI=1S/C25H26N2O2/c1-19(28)29-13-6-2-3-12-24-16-26-18-27(24)17-23-11-7-10-22-14-20-8-4-5-9-21(20)15-25(22)23/h4-5,7-11,14-16,18H,2-3,6,12-13,17H2,1H3. The van der Waals surface area contributed by atoms with Crippen molar-refractivity contribution in [3.8, 4) is 0 Å². The molecule has 1 heterocycles. The number of aromatic nitrogens is 2. The van der Waals surface area contributed by atoms with Crippen LogP contribution in [0, 0.1) is 0 Å². The number of nitrogens with zero attached hydrogens (tertiary/aromatic N) is 2. The van der Waals surface area contributed by atoms with Gasteiger partial charge in [0.25, 0.3) is 0 Å². The first kappa shape index (κ1) is 19.2. The van der Waals surface area contributed by atoms with E-state index in [2.05, 4.69) is 64.1 Å². The van der Waals surface area contributed by atoms with Gasteiger partial charge >= 0.3 is 5.97 Å². The number of carbonyl (C=O) groups is 1. The molecule has 0 atom stereocenters. The predicted octanol–water partition coefficient (Wildman–Crippen LogP) is 5.51. The number of carbonyl (C=O) groups excluding carboxylic acids is 1. The zero-order valence-corrected chi connectivity index (χ0v) is 16.8. The first-order valence-electron chi connectivity index (χ1n) is 10.2. The maximum Gasteiger partial charge on any atom is 0.302 e. The molecular formula is C25H26N2O2. The first-order valence-corrected chi connectivity index (χ1v) is 10.2. The summed E-state index contributed by atoms with van der Waals surface area (Å²) in [6.07, 6.45) is 7.88. The van der Waals surface area contributed by atoms with Crippen molar-refractivity contribution in [1.82, 2.24) is 9.55 Å². The molecule has 0 radical (unpaired) electrons. The zero-order valence-electron chi connectivity index (χ0n) is 16.8. The largest absolute Gasteiger partial charge is 0.466 e. The summed E-state index contributed by atoms with van der Waals surface area (Å²) in [6.45, 7) is 2.78. The molecule has 0 aliphatic carbocycles. The second-order valence-corrected chi connectivity index (χ2v) is 7.50. The molecule has 1 aromatic heterocycles. The van der Waals surface area contributed by atoms with E-state index in [1.807, 2.05) is 12.5 Å². The summed E-state index contributed by atoms with van der Waals surface area (Å²) in [7, 11) is 0. The van der Waals surface area contributed by atoms with Crippen LogP contribution in [0.15, 0.2) is 67.1 Å². The number of benzene rings is 3. The Labute approximate surface area is 171 Å². The van der Waals surface area contributed by atoms with Crippen molar-refractivity contribution >= 4 is 27.5 Å². The SMILES string of the molecule is CC(=O)OCCCCCc1cncn1Cc1cccc2cc3ccccc3cc12. The number of rotatable bonds is 8. The number of unbranched alkanes of at least 4 members (excludes halogenated alkanes) is 2. The Morgan fingerprint density at radius 1 is 0.966 bits per heavy atom. The van der Waals surface area contributed by atoms with Crippen LogP contribution in [-0.4, -0.2) is 22.1 Å². The molecule has 3 aromatic carbocycles. The predicted molar refractivity (Wildman–Crippen MR) is 117 cm³/mol. The van der Waals surface area contributed by atoms with Crippen LogP contribution < -0.4 is 0 Å². The second kappa shape index (κ2) is 8.91. The molecule has 4 aromatic rings. The van der Waals surface area contributed by atoms with Gasteiger partial charge < -0.3 is 9.30 Å². The topological polar surface area (TPSA) is 44.1 Å². The molecule has 0 N–H and O–H groups in total. The number of fused-ring (bicyclic) bond motifs is 2. The van der Waals surface area contributed by atoms with E-state index in [1.165, 1.54) is 39.7 Å². The Morgan fingerprint density at radius 3 is 2.59 bits per heavy atom. The first-order chi connectivity index (χ1) is 14.2. The average molecular weight is 386 g/mol. The lowest BCUT2D eigenvalue weighted by atomic mass is 9.99. The number of aryl methyl sites for hydroxylation is 1. The fourth-order valence-electron chi connectivity index (χ4n) is 3.85. The summed E-state index contributed by atoms with van der Waals surface area (Å²) in [4.78, 5) is 15.2. The maximum atomic E-state index is 10.8. The number of imidazole rings is 1. The fraction of sp³-hybridized carbons (Fsp3) is 0.280. The van der Waals surface area contributed by atoms with E-state index >= 15 is 0 Å². The van der Waals surface area contributed by atoms with Crippen LogP contribution in [0.2, 0.25) is 0 Å². The Morgan fingerprint density at radius 2 is 1.76 bits per heavy atom. The molecule has 4 heteroatoms. The van der Waals surface area contributed by atoms with E-state index in [1.54, 1.807) is 0 Å². The molecule has 0 aliphatic rings. The zero-order chi connectivity index (χ0) is 20.1. The third-order valence-corrected chi connectivity index (χ3v) is 5.36. The van der Waals surface area contributed by atoms with E-state index in [9.17, 15) is 4.79 Å². The van der Waals surface area contributed by atoms with E-state index in [0.717, 1.165) is 32.2 Å². The van der Waals surface area contributed by atoms with Crippen molar-refractivity contribution in [2.75, 3.05) is 6.61 Å². The Hall–Kier alpha value is -3.14. The molecule has 0 bridgehead atoms. The second-order valence-electron chi connectivity index (χ2n) is 7.50. The third kappa shape index (κ3) is 4.65. The number of esters is 1. The number of hydrogen-bond donors (Lipinski definition) is 0. The molecule has 0 saturated carbocycles. The minimum absolute atomic E-state index is 0.203. The molecular weight excluding hydrogens is 360 g/mol. The highest BCUT2D eigenvalue weighted by molar-refractivity contribution is 5.99. The molecule has 4 rings (SSSR count). The van der Waals surface area contributed by atoms with Crippen LogP contribution in [0.5, 0.6) is 0 Å². The number of ether oxygens (including phenoxy) is 1. The summed E-state index contributed by atoms with van der Waals surface area (Å²) in [5.74, 6) is -0.203. The molecule has 0 unspecified atom stereocenters. The highest BCUT2D eigenvalue weighted by Gasteiger charge is 2.07. The monoisotopic (exact) mass is 386 g/mol. The van der Waals surface area contributed by atoms with Crippen molar-refractivity contribution < 1.29 is 9.53 Å². The minimum Gasteiger partial charge on any atom is -0.466 e. The van der Waals surface area contributed by atoms with Gasteiger partial charge in [-0.05, 0) is 64.9 Å². The van der Waals surface area contributed by atoms with Gasteiger partial charge in [-0.2, -0.15) is 0 Å². The molecule has 0 amide bonds. The summed E-state index contributed by atoms with van der Waals surface area (Å²) >= 11 is 0. The summed E-state index contributed by atoms with van der Waals surface area (Å²) in [5.41, 5.74) is 2.55. The van der Waals surface area contributed by atoms with Crippen LogP contribution in [0.25, 0.3) is 21.5 Å². The molecule has 0 saturated heterocycles. The average Bonchev–Trinajstić information content (AvgIpc) is 3.16. The minimum atomic E-state index is -0.203. The van der Waals surface area contributed by atoms with Gasteiger partial charge in [-0.1, -0.05) is 42.5 Å². The third-order valence-electron chi connectivity index (χ3n) is 5.36. The molecule has 0 aliphatic heterocycles. The van der Waals surface area contributed by atoms with E-state index < -0.39 is 0 Å². The lowest BCUT2D eigenvalue weighted by Crippen LogP contribution is -2.04. The van der Waals surface area contributed by atoms with E-state index in [0.29, 0.717) is 6.61 Å². The van der Waals surface area contributed by atoms with Crippen molar-refractivity contribution in [1.29, 1.82) is 0 Å². The Bertz CT molecular complexity index is 1130. The smallest absolute Gasteiger partial charge is 0.302 e. The molecule has 4 nitrogen and oxygen atoms in total. The molecule has 148 valence electrons. The van der Waals surface area contributed by atoms with Gasteiger partial charge in [0, 0.05) is 25.4 Å². The fourth-order valence-corrected chi connectivity index (χ4v) is 3.85. The van der Waals surface area contributed by atoms with Gasteiger partial charge in [-0.15, -0.1) is 0 Å². The van der Waals surface area contributed by atoms with Gasteiger partial charge in [-0.25, -0.2) is 4.98 Å². The molecule has 0 spiro atoms. The van der Waals surface area contributed by atoms with E-state index in [-0.39, 0.29) is 5.97 Å². The van der Waals surface area contributed by atoms with Gasteiger partial charge in [0.15, 0.2) is 0 Å². The van der Waals surface area contributed by atoms with Crippen molar-refractivity contribution in [2.45, 2.75) is 39.2 Å². The molecule has 0 fully saturated rings. The Kier molecular flexibility index (Phi) is 5.89. The van der Waals surface area contributed by atoms with Crippen molar-refractivity contribution in [2.24, 2.45) is 0 Å².